The molecular formula is C15H20N2O5. The molecule has 1 fully saturated rings. The van der Waals surface area contributed by atoms with Gasteiger partial charge in [-0.05, 0) is 31.0 Å². The van der Waals surface area contributed by atoms with Crippen LogP contribution in [-0.2, 0) is 11.3 Å². The molecule has 1 aromatic carbocycles. The van der Waals surface area contributed by atoms with Gasteiger partial charge in [0.1, 0.15) is 0 Å². The van der Waals surface area contributed by atoms with Crippen LogP contribution in [0, 0.1) is 5.41 Å². The minimum absolute atomic E-state index is 0.00822. The van der Waals surface area contributed by atoms with Gasteiger partial charge in [0.05, 0.1) is 12.5 Å². The number of carbonyl (C=O) groups excluding carboxylic acids is 1. The predicted molar refractivity (Wildman–Crippen MR) is 78.8 cm³/mol. The van der Waals surface area contributed by atoms with Crippen LogP contribution in [0.1, 0.15) is 18.9 Å². The van der Waals surface area contributed by atoms with Crippen LogP contribution in [0.4, 0.5) is 4.79 Å². The zero-order chi connectivity index (χ0) is 16.3. The predicted octanol–water partition coefficient (Wildman–Crippen LogP) is 1.41. The summed E-state index contributed by atoms with van der Waals surface area (Å²) < 4.78 is 4.95. The first-order valence-corrected chi connectivity index (χ1v) is 6.98. The summed E-state index contributed by atoms with van der Waals surface area (Å²) in [4.78, 5) is 24.7. The fourth-order valence-electron chi connectivity index (χ4n) is 2.44. The molecule has 1 saturated heterocycles. The number of likely N-dealkylation sites (tertiary alicyclic amines) is 1. The highest BCUT2D eigenvalue weighted by Crippen LogP contribution is 2.30. The number of nitrogens with zero attached hydrogens (tertiary/aromatic N) is 1. The Morgan fingerprint density at radius 1 is 1.45 bits per heavy atom. The smallest absolute Gasteiger partial charge is 0.317 e. The number of nitrogens with one attached hydrogen (secondary N) is 1. The summed E-state index contributed by atoms with van der Waals surface area (Å²) in [5.41, 5.74) is -0.151. The van der Waals surface area contributed by atoms with Crippen LogP contribution in [0.3, 0.4) is 0 Å². The van der Waals surface area contributed by atoms with Gasteiger partial charge in [-0.3, -0.25) is 4.79 Å². The molecule has 0 aromatic heterocycles. The lowest BCUT2D eigenvalue weighted by Crippen LogP contribution is -2.40. The summed E-state index contributed by atoms with van der Waals surface area (Å²) in [5, 5.41) is 21.6. The molecule has 1 aromatic rings. The van der Waals surface area contributed by atoms with E-state index in [0.717, 1.165) is 5.56 Å². The van der Waals surface area contributed by atoms with Gasteiger partial charge in [0.25, 0.3) is 0 Å². The van der Waals surface area contributed by atoms with Crippen molar-refractivity contribution in [1.29, 1.82) is 0 Å². The molecule has 0 radical (unpaired) electrons. The molecule has 2 rings (SSSR count). The number of carboxylic acids is 1. The molecule has 2 amide bonds. The monoisotopic (exact) mass is 308 g/mol. The summed E-state index contributed by atoms with van der Waals surface area (Å²) in [6.45, 7) is 2.51. The second-order valence-corrected chi connectivity index (χ2v) is 5.70. The number of carboxylic acid groups (broad SMARTS) is 1. The maximum Gasteiger partial charge on any atom is 0.317 e. The number of hydrogen-bond acceptors (Lipinski definition) is 4. The molecule has 0 saturated carbocycles. The number of phenolic OH excluding ortho intramolecular Hbond substituents is 1. The standard InChI is InChI=1S/C15H20N2O5/c1-15(13(19)20)5-6-17(9-15)14(21)16-8-10-3-4-12(22-2)11(18)7-10/h3-4,7,18H,5-6,8-9H2,1-2H3,(H,16,21)(H,19,20). The summed E-state index contributed by atoms with van der Waals surface area (Å²) in [6.07, 6.45) is 0.444. The second kappa shape index (κ2) is 6.13. The molecular weight excluding hydrogens is 288 g/mol. The second-order valence-electron chi connectivity index (χ2n) is 5.70. The molecule has 0 bridgehead atoms. The van der Waals surface area contributed by atoms with E-state index in [4.69, 9.17) is 9.84 Å². The van der Waals surface area contributed by atoms with Gasteiger partial charge in [0.15, 0.2) is 11.5 Å². The minimum Gasteiger partial charge on any atom is -0.504 e. The maximum atomic E-state index is 12.1. The van der Waals surface area contributed by atoms with Crippen LogP contribution in [0.2, 0.25) is 0 Å². The van der Waals surface area contributed by atoms with Gasteiger partial charge in [-0.15, -0.1) is 0 Å². The van der Waals surface area contributed by atoms with Gasteiger partial charge in [-0.2, -0.15) is 0 Å². The van der Waals surface area contributed by atoms with Crippen LogP contribution >= 0.6 is 0 Å². The summed E-state index contributed by atoms with van der Waals surface area (Å²) in [6, 6.07) is 4.57. The van der Waals surface area contributed by atoms with Crippen LogP contribution in [0.5, 0.6) is 11.5 Å². The van der Waals surface area contributed by atoms with Gasteiger partial charge in [0.2, 0.25) is 0 Å². The average molecular weight is 308 g/mol. The number of aromatic hydroxyl groups is 1. The maximum absolute atomic E-state index is 12.1. The lowest BCUT2D eigenvalue weighted by atomic mass is 9.90. The molecule has 0 spiro atoms. The third-order valence-electron chi connectivity index (χ3n) is 3.96. The van der Waals surface area contributed by atoms with Gasteiger partial charge in [0, 0.05) is 19.6 Å². The van der Waals surface area contributed by atoms with E-state index in [0.29, 0.717) is 18.7 Å². The lowest BCUT2D eigenvalue weighted by molar-refractivity contribution is -0.147. The number of urea groups is 1. The molecule has 22 heavy (non-hydrogen) atoms. The fourth-order valence-corrected chi connectivity index (χ4v) is 2.44. The Hall–Kier alpha value is -2.44. The first kappa shape index (κ1) is 15.9. The number of ether oxygens (including phenoxy) is 1. The summed E-state index contributed by atoms with van der Waals surface area (Å²) in [5.74, 6) is -0.511. The number of aliphatic carboxylic acids is 1. The molecule has 0 aliphatic carbocycles. The molecule has 7 heteroatoms. The lowest BCUT2D eigenvalue weighted by Gasteiger charge is -2.20. The quantitative estimate of drug-likeness (QED) is 0.781. The van der Waals surface area contributed by atoms with Crippen LogP contribution in [0.25, 0.3) is 0 Å². The van der Waals surface area contributed by atoms with Gasteiger partial charge in [-0.25, -0.2) is 4.79 Å². The number of phenols is 1. The largest absolute Gasteiger partial charge is 0.504 e. The average Bonchev–Trinajstić information content (AvgIpc) is 2.89. The van der Waals surface area contributed by atoms with Crippen molar-refractivity contribution < 1.29 is 24.5 Å². The SMILES string of the molecule is COc1ccc(CNC(=O)N2CCC(C)(C(=O)O)C2)cc1O. The van der Waals surface area contributed by atoms with Crippen molar-refractivity contribution in [3.63, 3.8) is 0 Å². The van der Waals surface area contributed by atoms with Crippen molar-refractivity contribution in [2.45, 2.75) is 19.9 Å². The molecule has 1 aliphatic rings. The summed E-state index contributed by atoms with van der Waals surface area (Å²) in [7, 11) is 1.46. The van der Waals surface area contributed by atoms with Gasteiger partial charge in [-0.1, -0.05) is 6.07 Å². The van der Waals surface area contributed by atoms with Crippen molar-refractivity contribution in [1.82, 2.24) is 10.2 Å². The Morgan fingerprint density at radius 3 is 2.73 bits per heavy atom. The van der Waals surface area contributed by atoms with E-state index < -0.39 is 11.4 Å². The number of benzene rings is 1. The van der Waals surface area contributed by atoms with Crippen molar-refractivity contribution in [2.75, 3.05) is 20.2 Å². The highest BCUT2D eigenvalue weighted by Gasteiger charge is 2.42. The first-order chi connectivity index (χ1) is 10.4. The number of amides is 2. The molecule has 7 nitrogen and oxygen atoms in total. The molecule has 1 heterocycles. The molecule has 1 aliphatic heterocycles. The summed E-state index contributed by atoms with van der Waals surface area (Å²) >= 11 is 0. The highest BCUT2D eigenvalue weighted by atomic mass is 16.5. The fraction of sp³-hybridized carbons (Fsp3) is 0.467. The number of rotatable bonds is 4. The zero-order valence-electron chi connectivity index (χ0n) is 12.6. The van der Waals surface area contributed by atoms with Crippen molar-refractivity contribution in [2.24, 2.45) is 5.41 Å². The zero-order valence-corrected chi connectivity index (χ0v) is 12.6. The van der Waals surface area contributed by atoms with E-state index in [1.54, 1.807) is 19.1 Å². The Balaban J connectivity index is 1.91. The topological polar surface area (TPSA) is 99.1 Å². The van der Waals surface area contributed by atoms with Crippen molar-refractivity contribution in [3.8, 4) is 11.5 Å². The number of methoxy groups -OCH3 is 1. The van der Waals surface area contributed by atoms with E-state index in [2.05, 4.69) is 5.32 Å². The normalized spacial score (nSPS) is 20.7. The molecule has 1 atom stereocenters. The third kappa shape index (κ3) is 3.24. The van der Waals surface area contributed by atoms with Gasteiger partial charge >= 0.3 is 12.0 Å². The Labute approximate surface area is 128 Å². The van der Waals surface area contributed by atoms with E-state index >= 15 is 0 Å². The minimum atomic E-state index is -0.886. The Bertz CT molecular complexity index is 589. The Morgan fingerprint density at radius 2 is 2.18 bits per heavy atom. The molecule has 120 valence electrons. The van der Waals surface area contributed by atoms with E-state index in [9.17, 15) is 14.7 Å². The molecule has 1 unspecified atom stereocenters. The van der Waals surface area contributed by atoms with E-state index in [-0.39, 0.29) is 24.9 Å². The number of hydrogen-bond donors (Lipinski definition) is 3. The van der Waals surface area contributed by atoms with Gasteiger partial charge < -0.3 is 25.2 Å². The number of carbonyl (C=O) groups is 2. The molecule has 3 N–H and O–H groups in total. The van der Waals surface area contributed by atoms with Crippen molar-refractivity contribution >= 4 is 12.0 Å². The Kier molecular flexibility index (Phi) is 4.44. The highest BCUT2D eigenvalue weighted by molar-refractivity contribution is 5.79. The van der Waals surface area contributed by atoms with Crippen LogP contribution in [-0.4, -0.2) is 47.3 Å². The first-order valence-electron chi connectivity index (χ1n) is 6.98. The third-order valence-corrected chi connectivity index (χ3v) is 3.96. The van der Waals surface area contributed by atoms with E-state index in [1.165, 1.54) is 18.1 Å². The van der Waals surface area contributed by atoms with Crippen molar-refractivity contribution in [3.05, 3.63) is 23.8 Å². The van der Waals surface area contributed by atoms with E-state index in [1.807, 2.05) is 0 Å². The van der Waals surface area contributed by atoms with Crippen LogP contribution in [0.15, 0.2) is 18.2 Å². The van der Waals surface area contributed by atoms with Crippen LogP contribution < -0.4 is 10.1 Å².